The number of fused-ring (bicyclic) bond motifs is 4. The first kappa shape index (κ1) is 4.54. The van der Waals surface area contributed by atoms with Crippen molar-refractivity contribution in [2.45, 2.75) is 13.8 Å². The molecule has 0 aromatic rings. The van der Waals surface area contributed by atoms with Crippen LogP contribution in [0.2, 0.25) is 0 Å². The van der Waals surface area contributed by atoms with E-state index in [1.54, 1.807) is 0 Å². The minimum absolute atomic E-state index is 0.721. The molecular formula is C9H12. The summed E-state index contributed by atoms with van der Waals surface area (Å²) >= 11 is 0. The van der Waals surface area contributed by atoms with E-state index in [1.807, 2.05) is 0 Å². The van der Waals surface area contributed by atoms with Crippen LogP contribution in [0.3, 0.4) is 0 Å². The van der Waals surface area contributed by atoms with Crippen molar-refractivity contribution < 1.29 is 0 Å². The minimum Gasteiger partial charge on any atom is -0.0842 e. The molecule has 0 saturated heterocycles. The van der Waals surface area contributed by atoms with E-state index in [0.717, 1.165) is 29.1 Å². The molecule has 48 valence electrons. The Hall–Kier alpha value is -0.260. The van der Waals surface area contributed by atoms with Crippen LogP contribution in [-0.4, -0.2) is 0 Å². The van der Waals surface area contributed by atoms with Crippen molar-refractivity contribution in [2.75, 3.05) is 0 Å². The Morgan fingerprint density at radius 1 is 1.00 bits per heavy atom. The SMILES string of the molecule is CC1(C)C2C1[C@@H]1C=C[C@H]21. The summed E-state index contributed by atoms with van der Waals surface area (Å²) < 4.78 is 0. The summed E-state index contributed by atoms with van der Waals surface area (Å²) in [5, 5.41) is 0. The van der Waals surface area contributed by atoms with Gasteiger partial charge in [0.05, 0.1) is 0 Å². The number of hydrogen-bond donors (Lipinski definition) is 0. The Bertz CT molecular complexity index is 180. The van der Waals surface area contributed by atoms with E-state index in [9.17, 15) is 0 Å². The topological polar surface area (TPSA) is 0 Å². The lowest BCUT2D eigenvalue weighted by Gasteiger charge is -2.38. The third-order valence-electron chi connectivity index (χ3n) is 3.83. The Labute approximate surface area is 56.0 Å². The Balaban J connectivity index is 1.99. The van der Waals surface area contributed by atoms with Crippen molar-refractivity contribution in [3.63, 3.8) is 0 Å². The predicted molar refractivity (Wildman–Crippen MR) is 36.9 cm³/mol. The van der Waals surface area contributed by atoms with Crippen LogP contribution in [0.25, 0.3) is 0 Å². The molecule has 2 unspecified atom stereocenters. The van der Waals surface area contributed by atoms with Gasteiger partial charge in [-0.25, -0.2) is 0 Å². The molecule has 0 heteroatoms. The summed E-state index contributed by atoms with van der Waals surface area (Å²) in [6, 6.07) is 0. The maximum atomic E-state index is 2.42. The number of allylic oxidation sites excluding steroid dienone is 2. The summed E-state index contributed by atoms with van der Waals surface area (Å²) in [6.45, 7) is 4.84. The zero-order chi connectivity index (χ0) is 6.22. The first-order chi connectivity index (χ1) is 4.23. The van der Waals surface area contributed by atoms with Gasteiger partial charge >= 0.3 is 0 Å². The van der Waals surface area contributed by atoms with Crippen LogP contribution in [0.15, 0.2) is 12.2 Å². The van der Waals surface area contributed by atoms with Gasteiger partial charge in [-0.05, 0) is 29.1 Å². The van der Waals surface area contributed by atoms with Crippen LogP contribution in [0.4, 0.5) is 0 Å². The first-order valence-electron chi connectivity index (χ1n) is 3.91. The molecule has 0 bridgehead atoms. The maximum absolute atomic E-state index is 2.42. The molecule has 0 aromatic carbocycles. The molecule has 0 N–H and O–H groups in total. The highest BCUT2D eigenvalue weighted by Gasteiger charge is 2.74. The van der Waals surface area contributed by atoms with E-state index >= 15 is 0 Å². The second kappa shape index (κ2) is 0.902. The lowest BCUT2D eigenvalue weighted by molar-refractivity contribution is 0.222. The Morgan fingerprint density at radius 2 is 1.44 bits per heavy atom. The average molecular weight is 120 g/mol. The predicted octanol–water partition coefficient (Wildman–Crippen LogP) is 2.07. The standard InChI is InChI=1S/C9H12/c1-9(2)7-5-3-4-6(5)8(7)9/h3-8H,1-2H3/t5-,6+,7?,8?. The summed E-state index contributed by atoms with van der Waals surface area (Å²) in [6.07, 6.45) is 4.81. The number of hydrogen-bond acceptors (Lipinski definition) is 0. The van der Waals surface area contributed by atoms with Crippen LogP contribution >= 0.6 is 0 Å². The fourth-order valence-electron chi connectivity index (χ4n) is 3.13. The summed E-state index contributed by atoms with van der Waals surface area (Å²) in [4.78, 5) is 0. The largest absolute Gasteiger partial charge is 0.0842 e. The summed E-state index contributed by atoms with van der Waals surface area (Å²) in [5.74, 6) is 4.22. The van der Waals surface area contributed by atoms with Gasteiger partial charge in [0.1, 0.15) is 0 Å². The van der Waals surface area contributed by atoms with Crippen molar-refractivity contribution in [2.24, 2.45) is 29.1 Å². The lowest BCUT2D eigenvalue weighted by Crippen LogP contribution is -2.32. The second-order valence-electron chi connectivity index (χ2n) is 4.41. The highest BCUT2D eigenvalue weighted by molar-refractivity contribution is 5.34. The van der Waals surface area contributed by atoms with E-state index in [2.05, 4.69) is 26.0 Å². The van der Waals surface area contributed by atoms with E-state index in [4.69, 9.17) is 0 Å². The molecule has 0 heterocycles. The van der Waals surface area contributed by atoms with Gasteiger partial charge in [0.15, 0.2) is 0 Å². The fourth-order valence-corrected chi connectivity index (χ4v) is 3.13. The molecule has 2 fully saturated rings. The molecule has 0 radical (unpaired) electrons. The molecule has 9 heavy (non-hydrogen) atoms. The van der Waals surface area contributed by atoms with E-state index in [-0.39, 0.29) is 0 Å². The highest BCUT2D eigenvalue weighted by atomic mass is 14.8. The first-order valence-corrected chi connectivity index (χ1v) is 3.91. The molecule has 0 aromatic heterocycles. The normalized spacial score (nSPS) is 62.9. The Kier molecular flexibility index (Phi) is 0.455. The van der Waals surface area contributed by atoms with Gasteiger partial charge < -0.3 is 0 Å². The molecule has 3 aliphatic carbocycles. The molecule has 0 nitrogen and oxygen atoms in total. The third kappa shape index (κ3) is 0.270. The van der Waals surface area contributed by atoms with Gasteiger partial charge in [-0.1, -0.05) is 26.0 Å². The molecular weight excluding hydrogens is 108 g/mol. The smallest absolute Gasteiger partial charge is 0.0131 e. The molecule has 0 spiro atoms. The molecule has 0 amide bonds. The Morgan fingerprint density at radius 3 is 1.67 bits per heavy atom. The van der Waals surface area contributed by atoms with Gasteiger partial charge in [0, 0.05) is 0 Å². The third-order valence-corrected chi connectivity index (χ3v) is 3.83. The number of rotatable bonds is 0. The van der Waals surface area contributed by atoms with Gasteiger partial charge in [-0.3, -0.25) is 0 Å². The van der Waals surface area contributed by atoms with Crippen LogP contribution < -0.4 is 0 Å². The van der Waals surface area contributed by atoms with E-state index < -0.39 is 0 Å². The van der Waals surface area contributed by atoms with Crippen molar-refractivity contribution in [1.29, 1.82) is 0 Å². The van der Waals surface area contributed by atoms with Gasteiger partial charge in [0.25, 0.3) is 0 Å². The minimum atomic E-state index is 0.721. The molecule has 0 aliphatic heterocycles. The molecule has 3 aliphatic rings. The molecule has 3 rings (SSSR count). The van der Waals surface area contributed by atoms with Crippen LogP contribution in [0.5, 0.6) is 0 Å². The van der Waals surface area contributed by atoms with Crippen LogP contribution in [0, 0.1) is 29.1 Å². The zero-order valence-corrected chi connectivity index (χ0v) is 5.96. The van der Waals surface area contributed by atoms with Crippen molar-refractivity contribution >= 4 is 0 Å². The highest BCUT2D eigenvalue weighted by Crippen LogP contribution is 2.79. The van der Waals surface area contributed by atoms with Crippen molar-refractivity contribution in [3.8, 4) is 0 Å². The van der Waals surface area contributed by atoms with E-state index in [0.29, 0.717) is 0 Å². The van der Waals surface area contributed by atoms with Crippen molar-refractivity contribution in [1.82, 2.24) is 0 Å². The van der Waals surface area contributed by atoms with Crippen LogP contribution in [0.1, 0.15) is 13.8 Å². The van der Waals surface area contributed by atoms with Crippen LogP contribution in [-0.2, 0) is 0 Å². The van der Waals surface area contributed by atoms with Crippen molar-refractivity contribution in [3.05, 3.63) is 12.2 Å². The zero-order valence-electron chi connectivity index (χ0n) is 5.96. The molecule has 2 saturated carbocycles. The van der Waals surface area contributed by atoms with Gasteiger partial charge in [0.2, 0.25) is 0 Å². The summed E-state index contributed by atoms with van der Waals surface area (Å²) in [7, 11) is 0. The molecule has 4 atom stereocenters. The second-order valence-corrected chi connectivity index (χ2v) is 4.41. The van der Waals surface area contributed by atoms with E-state index in [1.165, 1.54) is 0 Å². The maximum Gasteiger partial charge on any atom is -0.0131 e. The lowest BCUT2D eigenvalue weighted by atomic mass is 9.66. The van der Waals surface area contributed by atoms with Gasteiger partial charge in [-0.15, -0.1) is 0 Å². The monoisotopic (exact) mass is 120 g/mol. The fraction of sp³-hybridized carbons (Fsp3) is 0.778. The quantitative estimate of drug-likeness (QED) is 0.429. The average Bonchev–Trinajstić information content (AvgIpc) is 2.12. The van der Waals surface area contributed by atoms with Gasteiger partial charge in [-0.2, -0.15) is 0 Å². The summed E-state index contributed by atoms with van der Waals surface area (Å²) in [5.41, 5.74) is 0.721.